The van der Waals surface area contributed by atoms with E-state index in [1.807, 2.05) is 0 Å². The maximum Gasteiger partial charge on any atom is 0.228 e. The summed E-state index contributed by atoms with van der Waals surface area (Å²) in [7, 11) is -2.90. The van der Waals surface area contributed by atoms with Gasteiger partial charge in [0, 0.05) is 17.5 Å². The van der Waals surface area contributed by atoms with Crippen LogP contribution in [-0.2, 0) is 20.5 Å². The molecule has 2 atom stereocenters. The zero-order chi connectivity index (χ0) is 20.4. The Kier molecular flexibility index (Phi) is 4.24. The molecule has 3 N–H and O–H groups in total. The van der Waals surface area contributed by atoms with Crippen LogP contribution >= 0.6 is 0 Å². The SMILES string of the molecule is NC(=O)C12CC3CC(C1)C(NC(=O)C1(CN(c4ccco4)[SH](=O)=O)CC1)C(C3)C2. The maximum atomic E-state index is 13.2. The van der Waals surface area contributed by atoms with E-state index in [-0.39, 0.29) is 47.5 Å². The summed E-state index contributed by atoms with van der Waals surface area (Å²) in [5, 5.41) is 3.27. The van der Waals surface area contributed by atoms with Gasteiger partial charge in [0.2, 0.25) is 28.6 Å². The fourth-order valence-electron chi connectivity index (χ4n) is 6.39. The van der Waals surface area contributed by atoms with Gasteiger partial charge in [-0.1, -0.05) is 0 Å². The molecule has 158 valence electrons. The van der Waals surface area contributed by atoms with Crippen LogP contribution in [0.4, 0.5) is 5.88 Å². The van der Waals surface area contributed by atoms with Gasteiger partial charge in [-0.05, 0) is 68.8 Å². The third-order valence-corrected chi connectivity index (χ3v) is 8.57. The van der Waals surface area contributed by atoms with Gasteiger partial charge in [-0.3, -0.25) is 9.59 Å². The number of hydrogen-bond donors (Lipinski definition) is 3. The van der Waals surface area contributed by atoms with Gasteiger partial charge in [-0.15, -0.1) is 0 Å². The van der Waals surface area contributed by atoms with Crippen LogP contribution in [0.2, 0.25) is 0 Å². The first kappa shape index (κ1) is 19.0. The summed E-state index contributed by atoms with van der Waals surface area (Å²) in [5.74, 6) is 1.07. The minimum absolute atomic E-state index is 0.0575. The number of anilines is 1. The molecule has 5 fully saturated rings. The van der Waals surface area contributed by atoms with E-state index in [0.29, 0.717) is 18.8 Å². The molecule has 2 amide bonds. The highest BCUT2D eigenvalue weighted by atomic mass is 32.2. The Morgan fingerprint density at radius 2 is 1.90 bits per heavy atom. The number of hydrogen-bond acceptors (Lipinski definition) is 5. The lowest BCUT2D eigenvalue weighted by molar-refractivity contribution is -0.148. The third kappa shape index (κ3) is 3.05. The highest BCUT2D eigenvalue weighted by molar-refractivity contribution is 7.74. The van der Waals surface area contributed by atoms with E-state index in [1.165, 1.54) is 6.26 Å². The van der Waals surface area contributed by atoms with E-state index in [0.717, 1.165) is 36.4 Å². The second kappa shape index (κ2) is 6.48. The molecule has 1 aromatic rings. The van der Waals surface area contributed by atoms with Gasteiger partial charge in [0.25, 0.3) is 0 Å². The standard InChI is InChI=1S/C20H27N3O5S/c21-17(24)20-8-12-6-13(9-20)16(14(7-12)10-20)22-18(25)19(3-4-19)11-23(29(26)27)15-2-1-5-28-15/h1-2,5,12-14,16,29H,3-4,6-11H2,(H2,21,24)(H,22,25). The van der Waals surface area contributed by atoms with Crippen LogP contribution in [0.5, 0.6) is 0 Å². The van der Waals surface area contributed by atoms with Gasteiger partial charge < -0.3 is 15.5 Å². The zero-order valence-corrected chi connectivity index (χ0v) is 17.1. The minimum atomic E-state index is -2.90. The molecule has 0 spiro atoms. The number of carbonyl (C=O) groups excluding carboxylic acids is 2. The van der Waals surface area contributed by atoms with Crippen LogP contribution in [0.1, 0.15) is 44.9 Å². The van der Waals surface area contributed by atoms with Crippen molar-refractivity contribution in [3.63, 3.8) is 0 Å². The molecule has 9 heteroatoms. The van der Waals surface area contributed by atoms with E-state index >= 15 is 0 Å². The van der Waals surface area contributed by atoms with Crippen LogP contribution < -0.4 is 15.4 Å². The number of furan rings is 1. The minimum Gasteiger partial charge on any atom is -0.448 e. The highest BCUT2D eigenvalue weighted by Crippen LogP contribution is 2.60. The molecule has 0 saturated heterocycles. The fourth-order valence-corrected chi connectivity index (χ4v) is 7.05. The maximum absolute atomic E-state index is 13.2. The molecule has 2 unspecified atom stereocenters. The van der Waals surface area contributed by atoms with E-state index in [2.05, 4.69) is 5.32 Å². The van der Waals surface area contributed by atoms with E-state index in [4.69, 9.17) is 10.2 Å². The summed E-state index contributed by atoms with van der Waals surface area (Å²) in [4.78, 5) is 25.3. The average Bonchev–Trinajstić information content (AvgIpc) is 3.26. The highest BCUT2D eigenvalue weighted by Gasteiger charge is 2.59. The lowest BCUT2D eigenvalue weighted by Gasteiger charge is -2.59. The van der Waals surface area contributed by atoms with E-state index in [1.54, 1.807) is 12.1 Å². The van der Waals surface area contributed by atoms with Crippen LogP contribution in [0.15, 0.2) is 22.8 Å². The number of nitrogens with one attached hydrogen (secondary N) is 1. The number of carbonyl (C=O) groups is 2. The Bertz CT molecular complexity index is 883. The molecule has 4 bridgehead atoms. The second-order valence-corrected chi connectivity index (χ2v) is 10.6. The molecule has 0 aromatic carbocycles. The molecule has 0 aliphatic heterocycles. The molecule has 1 aromatic heterocycles. The first-order valence-electron chi connectivity index (χ1n) is 10.4. The summed E-state index contributed by atoms with van der Waals surface area (Å²) in [5.41, 5.74) is 4.67. The zero-order valence-electron chi connectivity index (χ0n) is 16.2. The van der Waals surface area contributed by atoms with Crippen LogP contribution in [0.25, 0.3) is 0 Å². The number of thiol groups is 1. The Morgan fingerprint density at radius 3 is 2.41 bits per heavy atom. The molecular weight excluding hydrogens is 394 g/mol. The number of amides is 2. The smallest absolute Gasteiger partial charge is 0.228 e. The summed E-state index contributed by atoms with van der Waals surface area (Å²) in [6.45, 7) is 0.0982. The lowest BCUT2D eigenvalue weighted by atomic mass is 9.47. The first-order chi connectivity index (χ1) is 13.8. The second-order valence-electron chi connectivity index (χ2n) is 9.64. The Labute approximate surface area is 171 Å². The summed E-state index contributed by atoms with van der Waals surface area (Å²) >= 11 is 0. The van der Waals surface area contributed by atoms with Crippen molar-refractivity contribution in [1.82, 2.24) is 5.32 Å². The largest absolute Gasteiger partial charge is 0.448 e. The van der Waals surface area contributed by atoms with Crippen molar-refractivity contribution in [3.05, 3.63) is 18.4 Å². The van der Waals surface area contributed by atoms with Crippen LogP contribution in [0, 0.1) is 28.6 Å². The van der Waals surface area contributed by atoms with Gasteiger partial charge in [-0.25, -0.2) is 12.7 Å². The van der Waals surface area contributed by atoms with Crippen molar-refractivity contribution in [3.8, 4) is 0 Å². The average molecular weight is 422 g/mol. The summed E-state index contributed by atoms with van der Waals surface area (Å²) < 4.78 is 29.9. The molecule has 0 radical (unpaired) electrons. The molecule has 5 aliphatic rings. The number of nitrogens with zero attached hydrogens (tertiary/aromatic N) is 1. The molecule has 5 saturated carbocycles. The predicted molar refractivity (Wildman–Crippen MR) is 105 cm³/mol. The molecule has 29 heavy (non-hydrogen) atoms. The number of primary amides is 1. The van der Waals surface area contributed by atoms with Crippen molar-refractivity contribution in [2.24, 2.45) is 34.3 Å². The third-order valence-electron chi connectivity index (χ3n) is 7.84. The predicted octanol–water partition coefficient (Wildman–Crippen LogP) is 1.19. The van der Waals surface area contributed by atoms with Crippen molar-refractivity contribution < 1.29 is 22.4 Å². The molecule has 5 aliphatic carbocycles. The van der Waals surface area contributed by atoms with Crippen molar-refractivity contribution in [2.75, 3.05) is 10.8 Å². The summed E-state index contributed by atoms with van der Waals surface area (Å²) in [6, 6.07) is 3.27. The normalized spacial score (nSPS) is 36.2. The van der Waals surface area contributed by atoms with Crippen molar-refractivity contribution in [2.45, 2.75) is 51.0 Å². The van der Waals surface area contributed by atoms with Crippen LogP contribution in [0.3, 0.4) is 0 Å². The van der Waals surface area contributed by atoms with Gasteiger partial charge in [-0.2, -0.15) is 0 Å². The molecule has 6 rings (SSSR count). The fraction of sp³-hybridized carbons (Fsp3) is 0.700. The topological polar surface area (TPSA) is 123 Å². The Morgan fingerprint density at radius 1 is 1.21 bits per heavy atom. The number of rotatable bonds is 7. The van der Waals surface area contributed by atoms with Gasteiger partial charge in [0.1, 0.15) is 0 Å². The van der Waals surface area contributed by atoms with Gasteiger partial charge in [0.15, 0.2) is 0 Å². The van der Waals surface area contributed by atoms with Crippen LogP contribution in [-0.4, -0.2) is 32.8 Å². The Hall–Kier alpha value is -2.03. The van der Waals surface area contributed by atoms with Gasteiger partial charge in [0.05, 0.1) is 18.2 Å². The molecular formula is C20H27N3O5S. The molecule has 8 nitrogen and oxygen atoms in total. The monoisotopic (exact) mass is 421 g/mol. The van der Waals surface area contributed by atoms with Gasteiger partial charge >= 0.3 is 0 Å². The number of nitrogens with two attached hydrogens (primary N) is 1. The quantitative estimate of drug-likeness (QED) is 0.571. The lowest BCUT2D eigenvalue weighted by Crippen LogP contribution is -2.62. The van der Waals surface area contributed by atoms with E-state index in [9.17, 15) is 18.0 Å². The Balaban J connectivity index is 1.30. The van der Waals surface area contributed by atoms with Crippen molar-refractivity contribution >= 4 is 28.6 Å². The first-order valence-corrected chi connectivity index (χ1v) is 11.5. The summed E-state index contributed by atoms with van der Waals surface area (Å²) in [6.07, 6.45) is 7.24. The van der Waals surface area contributed by atoms with Crippen molar-refractivity contribution in [1.29, 1.82) is 0 Å². The molecule has 1 heterocycles. The van der Waals surface area contributed by atoms with E-state index < -0.39 is 16.3 Å².